The molecule has 0 aliphatic carbocycles. The quantitative estimate of drug-likeness (QED) is 0.477. The van der Waals surface area contributed by atoms with E-state index in [1.165, 1.54) is 16.7 Å². The van der Waals surface area contributed by atoms with Crippen molar-refractivity contribution < 1.29 is 14.3 Å². The van der Waals surface area contributed by atoms with Gasteiger partial charge in [-0.1, -0.05) is 36.0 Å². The highest BCUT2D eigenvalue weighted by Gasteiger charge is 2.34. The molecule has 4 rings (SSSR count). The molecule has 0 bridgehead atoms. The van der Waals surface area contributed by atoms with Crippen LogP contribution in [0.4, 0.5) is 0 Å². The van der Waals surface area contributed by atoms with E-state index in [1.54, 1.807) is 36.1 Å². The first-order valence-corrected chi connectivity index (χ1v) is 9.19. The van der Waals surface area contributed by atoms with E-state index >= 15 is 0 Å². The van der Waals surface area contributed by atoms with Crippen molar-refractivity contribution >= 4 is 23.6 Å². The zero-order valence-corrected chi connectivity index (χ0v) is 15.2. The van der Waals surface area contributed by atoms with Gasteiger partial charge in [0.2, 0.25) is 5.16 Å². The fourth-order valence-corrected chi connectivity index (χ4v) is 3.70. The molecular weight excluding hydrogens is 366 g/mol. The second kappa shape index (κ2) is 7.20. The molecule has 0 saturated carbocycles. The molecule has 1 aliphatic rings. The molecule has 3 aromatic rings. The Morgan fingerprint density at radius 3 is 2.37 bits per heavy atom. The lowest BCUT2D eigenvalue weighted by molar-refractivity contribution is 0.0664. The molecule has 0 atom stereocenters. The van der Waals surface area contributed by atoms with E-state index in [9.17, 15) is 9.59 Å². The molecule has 2 aromatic carbocycles. The number of nitrogens with zero attached hydrogens (tertiary/aromatic N) is 5. The highest BCUT2D eigenvalue weighted by Crippen LogP contribution is 2.27. The van der Waals surface area contributed by atoms with Gasteiger partial charge in [0.15, 0.2) is 0 Å². The summed E-state index contributed by atoms with van der Waals surface area (Å²) in [6, 6.07) is 14.3. The Balaban J connectivity index is 1.47. The first kappa shape index (κ1) is 17.2. The zero-order valence-electron chi connectivity index (χ0n) is 14.4. The number of hydrogen-bond acceptors (Lipinski definition) is 7. The summed E-state index contributed by atoms with van der Waals surface area (Å²) >= 11 is 1.36. The molecular formula is C18H15N5O3S. The summed E-state index contributed by atoms with van der Waals surface area (Å²) in [5.74, 6) is 0.592. The van der Waals surface area contributed by atoms with Crippen LogP contribution in [-0.2, 0) is 0 Å². The van der Waals surface area contributed by atoms with Crippen LogP contribution in [0.1, 0.15) is 20.7 Å². The molecule has 2 amide bonds. The van der Waals surface area contributed by atoms with Gasteiger partial charge in [-0.05, 0) is 34.7 Å². The van der Waals surface area contributed by atoms with Crippen LogP contribution in [0.5, 0.6) is 5.75 Å². The van der Waals surface area contributed by atoms with Crippen molar-refractivity contribution in [3.8, 4) is 11.4 Å². The summed E-state index contributed by atoms with van der Waals surface area (Å²) in [6.45, 7) is 0.274. The molecule has 1 aliphatic heterocycles. The van der Waals surface area contributed by atoms with E-state index < -0.39 is 0 Å². The van der Waals surface area contributed by atoms with E-state index in [1.807, 2.05) is 24.3 Å². The van der Waals surface area contributed by atoms with Crippen LogP contribution in [0.15, 0.2) is 53.7 Å². The normalized spacial score (nSPS) is 13.1. The van der Waals surface area contributed by atoms with Crippen LogP contribution < -0.4 is 4.74 Å². The number of tetrazole rings is 1. The fraction of sp³-hybridized carbons (Fsp3) is 0.167. The number of benzene rings is 2. The predicted octanol–water partition coefficient (Wildman–Crippen LogP) is 2.06. The van der Waals surface area contributed by atoms with Crippen molar-refractivity contribution in [2.24, 2.45) is 0 Å². The van der Waals surface area contributed by atoms with Gasteiger partial charge in [0.25, 0.3) is 11.8 Å². The van der Waals surface area contributed by atoms with Crippen LogP contribution in [0.3, 0.4) is 0 Å². The molecule has 0 radical (unpaired) electrons. The number of ether oxygens (including phenoxy) is 1. The van der Waals surface area contributed by atoms with Gasteiger partial charge in [-0.15, -0.1) is 5.10 Å². The minimum atomic E-state index is -0.263. The maximum atomic E-state index is 12.4. The topological polar surface area (TPSA) is 90.2 Å². The Morgan fingerprint density at radius 1 is 1.00 bits per heavy atom. The Bertz CT molecular complexity index is 984. The number of thioether (sulfide) groups is 1. The van der Waals surface area contributed by atoms with Crippen molar-refractivity contribution in [2.75, 3.05) is 19.4 Å². The Morgan fingerprint density at radius 2 is 1.67 bits per heavy atom. The maximum absolute atomic E-state index is 12.4. The second-order valence-corrected chi connectivity index (χ2v) is 6.76. The minimum absolute atomic E-state index is 0.263. The highest BCUT2D eigenvalue weighted by atomic mass is 32.2. The third kappa shape index (κ3) is 3.06. The Labute approximate surface area is 159 Å². The van der Waals surface area contributed by atoms with Crippen LogP contribution in [0.25, 0.3) is 5.69 Å². The largest absolute Gasteiger partial charge is 0.494 e. The van der Waals surface area contributed by atoms with Crippen molar-refractivity contribution in [1.29, 1.82) is 0 Å². The predicted molar refractivity (Wildman–Crippen MR) is 98.2 cm³/mol. The number of amides is 2. The number of carbonyl (C=O) groups excluding carboxylic acids is 2. The van der Waals surface area contributed by atoms with E-state index in [0.717, 1.165) is 0 Å². The van der Waals surface area contributed by atoms with Crippen LogP contribution >= 0.6 is 11.8 Å². The molecule has 0 N–H and O–H groups in total. The average molecular weight is 381 g/mol. The van der Waals surface area contributed by atoms with Gasteiger partial charge in [0.05, 0.1) is 18.2 Å². The van der Waals surface area contributed by atoms with Crippen LogP contribution in [0, 0.1) is 0 Å². The van der Waals surface area contributed by atoms with Gasteiger partial charge in [0, 0.05) is 12.3 Å². The van der Waals surface area contributed by atoms with Crippen molar-refractivity contribution in [2.45, 2.75) is 5.16 Å². The maximum Gasteiger partial charge on any atom is 0.261 e. The second-order valence-electron chi connectivity index (χ2n) is 5.70. The Kier molecular flexibility index (Phi) is 4.59. The molecule has 2 heterocycles. The smallest absolute Gasteiger partial charge is 0.261 e. The molecule has 0 spiro atoms. The molecule has 8 nitrogen and oxygen atoms in total. The summed E-state index contributed by atoms with van der Waals surface area (Å²) in [4.78, 5) is 26.1. The van der Waals surface area contributed by atoms with Crippen molar-refractivity contribution in [1.82, 2.24) is 25.1 Å². The fourth-order valence-electron chi connectivity index (χ4n) is 2.90. The molecule has 27 heavy (non-hydrogen) atoms. The summed E-state index contributed by atoms with van der Waals surface area (Å²) in [6.07, 6.45) is 0. The molecule has 136 valence electrons. The number of methoxy groups -OCH3 is 1. The van der Waals surface area contributed by atoms with E-state index in [-0.39, 0.29) is 18.4 Å². The number of imide groups is 1. The van der Waals surface area contributed by atoms with Crippen LogP contribution in [-0.4, -0.2) is 56.3 Å². The van der Waals surface area contributed by atoms with Crippen LogP contribution in [0.2, 0.25) is 0 Å². The lowest BCUT2D eigenvalue weighted by atomic mass is 10.1. The van der Waals surface area contributed by atoms with Gasteiger partial charge in [0.1, 0.15) is 11.4 Å². The summed E-state index contributed by atoms with van der Waals surface area (Å²) in [5.41, 5.74) is 1.62. The zero-order chi connectivity index (χ0) is 18.8. The van der Waals surface area contributed by atoms with Gasteiger partial charge in [-0.2, -0.15) is 4.68 Å². The van der Waals surface area contributed by atoms with E-state index in [2.05, 4.69) is 15.5 Å². The summed E-state index contributed by atoms with van der Waals surface area (Å²) < 4.78 is 6.93. The van der Waals surface area contributed by atoms with Gasteiger partial charge >= 0.3 is 0 Å². The van der Waals surface area contributed by atoms with Gasteiger partial charge < -0.3 is 4.74 Å². The monoisotopic (exact) mass is 381 g/mol. The Hall–Kier alpha value is -3.20. The van der Waals surface area contributed by atoms with Crippen molar-refractivity contribution in [3.05, 3.63) is 59.7 Å². The first-order valence-electron chi connectivity index (χ1n) is 8.20. The van der Waals surface area contributed by atoms with E-state index in [4.69, 9.17) is 4.74 Å². The summed E-state index contributed by atoms with van der Waals surface area (Å²) in [5, 5.41) is 12.3. The third-order valence-electron chi connectivity index (χ3n) is 4.18. The minimum Gasteiger partial charge on any atom is -0.494 e. The number of carbonyl (C=O) groups is 2. The number of rotatable bonds is 6. The van der Waals surface area contributed by atoms with Crippen molar-refractivity contribution in [3.63, 3.8) is 0 Å². The third-order valence-corrected chi connectivity index (χ3v) is 5.08. The number of hydrogen-bond donors (Lipinski definition) is 0. The molecule has 1 aromatic heterocycles. The van der Waals surface area contributed by atoms with Gasteiger partial charge in [-0.25, -0.2) is 0 Å². The summed E-state index contributed by atoms with van der Waals surface area (Å²) in [7, 11) is 1.58. The van der Waals surface area contributed by atoms with Gasteiger partial charge in [-0.3, -0.25) is 14.5 Å². The SMILES string of the molecule is COc1ccccc1-n1nnnc1SCCN1C(=O)c2ccccc2C1=O. The molecule has 0 saturated heterocycles. The number of para-hydroxylation sites is 2. The number of fused-ring (bicyclic) bond motifs is 1. The lowest BCUT2D eigenvalue weighted by Crippen LogP contribution is -2.31. The first-order chi connectivity index (χ1) is 13.2. The average Bonchev–Trinajstić information content (AvgIpc) is 3.27. The highest BCUT2D eigenvalue weighted by molar-refractivity contribution is 7.99. The lowest BCUT2D eigenvalue weighted by Gasteiger charge is -2.13. The molecule has 0 fully saturated rings. The molecule has 9 heteroatoms. The standard InChI is InChI=1S/C18H15N5O3S/c1-26-15-9-5-4-8-14(15)23-18(19-20-21-23)27-11-10-22-16(24)12-6-2-3-7-13(12)17(22)25/h2-9H,10-11H2,1H3. The number of aromatic nitrogens is 4. The van der Waals surface area contributed by atoms with E-state index in [0.29, 0.717) is 33.5 Å². The molecule has 0 unspecified atom stereocenters.